The Kier molecular flexibility index (Phi) is 4.99. The molecule has 0 aliphatic heterocycles. The van der Waals surface area contributed by atoms with Gasteiger partial charge in [-0.3, -0.25) is 4.40 Å². The zero-order valence-electron chi connectivity index (χ0n) is 10.6. The molecule has 0 saturated carbocycles. The second-order valence-corrected chi connectivity index (χ2v) is 6.91. The van der Waals surface area contributed by atoms with Gasteiger partial charge in [0.2, 0.25) is 0 Å². The topological polar surface area (TPSA) is 92.9 Å². The van der Waals surface area contributed by atoms with E-state index < -0.39 is 16.1 Å². The molecule has 1 atom stereocenters. The van der Waals surface area contributed by atoms with Crippen molar-refractivity contribution in [2.75, 3.05) is 20.3 Å². The van der Waals surface area contributed by atoms with Crippen molar-refractivity contribution in [2.24, 2.45) is 0 Å². The van der Waals surface area contributed by atoms with Crippen molar-refractivity contribution in [3.63, 3.8) is 0 Å². The van der Waals surface area contributed by atoms with Crippen LogP contribution in [0.5, 0.6) is 0 Å². The standard InChI is InChI=1S/C10H14ClN3O4S2/c1-18-6-7(2-4-15)13-20(16,17)9-8(11)12-10-14(9)3-5-19-10/h3,5,7,13,15H,2,4,6H2,1H3. The van der Waals surface area contributed by atoms with Crippen LogP contribution in [0, 0.1) is 0 Å². The maximum atomic E-state index is 12.4. The summed E-state index contributed by atoms with van der Waals surface area (Å²) in [6.45, 7) is 0.00748. The van der Waals surface area contributed by atoms with Gasteiger partial charge in [-0.15, -0.1) is 11.3 Å². The fraction of sp³-hybridized carbons (Fsp3) is 0.500. The molecule has 112 valence electrons. The molecule has 0 radical (unpaired) electrons. The number of halogens is 1. The molecule has 2 rings (SSSR count). The van der Waals surface area contributed by atoms with Crippen LogP contribution >= 0.6 is 22.9 Å². The van der Waals surface area contributed by atoms with Gasteiger partial charge in [0.15, 0.2) is 15.1 Å². The van der Waals surface area contributed by atoms with Crippen molar-refractivity contribution in [2.45, 2.75) is 17.5 Å². The maximum Gasteiger partial charge on any atom is 0.260 e. The molecular weight excluding hydrogens is 326 g/mol. The highest BCUT2D eigenvalue weighted by Gasteiger charge is 2.27. The molecule has 2 N–H and O–H groups in total. The first-order chi connectivity index (χ1) is 9.49. The van der Waals surface area contributed by atoms with Crippen LogP contribution in [-0.4, -0.2) is 49.3 Å². The predicted molar refractivity (Wildman–Crippen MR) is 75.8 cm³/mol. The van der Waals surface area contributed by atoms with E-state index in [-0.39, 0.29) is 29.8 Å². The minimum atomic E-state index is -3.85. The number of nitrogens with one attached hydrogen (secondary N) is 1. The number of fused-ring (bicyclic) bond motifs is 1. The summed E-state index contributed by atoms with van der Waals surface area (Å²) in [6, 6.07) is -0.532. The number of aromatic nitrogens is 2. The van der Waals surface area contributed by atoms with E-state index in [2.05, 4.69) is 9.71 Å². The third-order valence-electron chi connectivity index (χ3n) is 2.60. The highest BCUT2D eigenvalue weighted by Crippen LogP contribution is 2.25. The lowest BCUT2D eigenvalue weighted by Crippen LogP contribution is -2.39. The van der Waals surface area contributed by atoms with Crippen molar-refractivity contribution >= 4 is 37.9 Å². The first kappa shape index (κ1) is 15.7. The van der Waals surface area contributed by atoms with E-state index in [0.717, 1.165) is 0 Å². The Morgan fingerprint density at radius 3 is 3.05 bits per heavy atom. The van der Waals surface area contributed by atoms with Gasteiger partial charge in [0.05, 0.1) is 6.61 Å². The lowest BCUT2D eigenvalue weighted by molar-refractivity contribution is 0.158. The minimum Gasteiger partial charge on any atom is -0.396 e. The molecule has 7 nitrogen and oxygen atoms in total. The minimum absolute atomic E-state index is 0.0792. The third-order valence-corrected chi connectivity index (χ3v) is 5.28. The van der Waals surface area contributed by atoms with Gasteiger partial charge in [0.25, 0.3) is 10.0 Å². The quantitative estimate of drug-likeness (QED) is 0.775. The molecule has 0 spiro atoms. The molecule has 0 saturated heterocycles. The smallest absolute Gasteiger partial charge is 0.260 e. The lowest BCUT2D eigenvalue weighted by Gasteiger charge is -2.16. The van der Waals surface area contributed by atoms with E-state index >= 15 is 0 Å². The number of imidazole rings is 1. The Balaban J connectivity index is 2.34. The van der Waals surface area contributed by atoms with Gasteiger partial charge >= 0.3 is 0 Å². The molecule has 20 heavy (non-hydrogen) atoms. The van der Waals surface area contributed by atoms with Crippen LogP contribution in [0.3, 0.4) is 0 Å². The number of hydrogen-bond donors (Lipinski definition) is 2. The van der Waals surface area contributed by atoms with Gasteiger partial charge in [0.1, 0.15) is 0 Å². The number of methoxy groups -OCH3 is 1. The van der Waals surface area contributed by atoms with Crippen LogP contribution in [0.15, 0.2) is 16.6 Å². The summed E-state index contributed by atoms with van der Waals surface area (Å²) in [7, 11) is -2.39. The molecule has 0 amide bonds. The summed E-state index contributed by atoms with van der Waals surface area (Å²) in [5.41, 5.74) is 0. The predicted octanol–water partition coefficient (Wildman–Crippen LogP) is 0.725. The van der Waals surface area contributed by atoms with E-state index in [1.165, 1.54) is 22.8 Å². The van der Waals surface area contributed by atoms with E-state index in [0.29, 0.717) is 4.96 Å². The van der Waals surface area contributed by atoms with Crippen LogP contribution in [0.2, 0.25) is 5.15 Å². The fourth-order valence-corrected chi connectivity index (χ4v) is 4.50. The lowest BCUT2D eigenvalue weighted by atomic mass is 10.2. The van der Waals surface area contributed by atoms with Crippen LogP contribution < -0.4 is 4.72 Å². The highest BCUT2D eigenvalue weighted by molar-refractivity contribution is 7.89. The van der Waals surface area contributed by atoms with Crippen molar-refractivity contribution in [1.82, 2.24) is 14.1 Å². The molecule has 2 aromatic rings. The molecule has 0 bridgehead atoms. The number of rotatable bonds is 7. The largest absolute Gasteiger partial charge is 0.396 e. The van der Waals surface area contributed by atoms with E-state index in [4.69, 9.17) is 21.4 Å². The Labute approximate surface area is 125 Å². The fourth-order valence-electron chi connectivity index (χ4n) is 1.79. The zero-order valence-corrected chi connectivity index (χ0v) is 13.0. The number of sulfonamides is 1. The van der Waals surface area contributed by atoms with Crippen molar-refractivity contribution in [3.8, 4) is 0 Å². The van der Waals surface area contributed by atoms with Gasteiger partial charge in [-0.25, -0.2) is 18.1 Å². The third kappa shape index (κ3) is 3.13. The molecule has 2 aromatic heterocycles. The molecule has 0 aliphatic rings. The summed E-state index contributed by atoms with van der Waals surface area (Å²) in [6.07, 6.45) is 1.83. The molecule has 2 heterocycles. The van der Waals surface area contributed by atoms with Crippen LogP contribution in [-0.2, 0) is 14.8 Å². The molecule has 0 aromatic carbocycles. The van der Waals surface area contributed by atoms with Gasteiger partial charge in [0, 0.05) is 31.3 Å². The Morgan fingerprint density at radius 1 is 1.65 bits per heavy atom. The Hall–Kier alpha value is -0.710. The van der Waals surface area contributed by atoms with Crippen molar-refractivity contribution < 1.29 is 18.3 Å². The SMILES string of the molecule is COCC(CCO)NS(=O)(=O)c1c(Cl)nc2sccn12. The molecule has 10 heteroatoms. The Bertz CT molecular complexity index is 676. The summed E-state index contributed by atoms with van der Waals surface area (Å²) >= 11 is 7.19. The zero-order chi connectivity index (χ0) is 14.8. The van der Waals surface area contributed by atoms with Gasteiger partial charge in [-0.2, -0.15) is 0 Å². The van der Waals surface area contributed by atoms with Gasteiger partial charge < -0.3 is 9.84 Å². The van der Waals surface area contributed by atoms with Gasteiger partial charge in [-0.1, -0.05) is 11.6 Å². The van der Waals surface area contributed by atoms with Crippen molar-refractivity contribution in [1.29, 1.82) is 0 Å². The Morgan fingerprint density at radius 2 is 2.40 bits per heavy atom. The van der Waals surface area contributed by atoms with E-state index in [1.54, 1.807) is 11.6 Å². The summed E-state index contributed by atoms with van der Waals surface area (Å²) in [5, 5.41) is 10.5. The number of ether oxygens (including phenoxy) is 1. The van der Waals surface area contributed by atoms with Crippen molar-refractivity contribution in [3.05, 3.63) is 16.7 Å². The maximum absolute atomic E-state index is 12.4. The van der Waals surface area contributed by atoms with E-state index in [1.807, 2.05) is 0 Å². The molecule has 0 fully saturated rings. The second-order valence-electron chi connectivity index (χ2n) is 4.05. The highest BCUT2D eigenvalue weighted by atomic mass is 35.5. The number of aliphatic hydroxyl groups is 1. The van der Waals surface area contributed by atoms with Gasteiger partial charge in [-0.05, 0) is 6.42 Å². The molecular formula is C10H14ClN3O4S2. The average Bonchev–Trinajstić information content (AvgIpc) is 2.88. The van der Waals surface area contributed by atoms with Crippen LogP contribution in [0.4, 0.5) is 0 Å². The number of nitrogens with zero attached hydrogens (tertiary/aromatic N) is 2. The summed E-state index contributed by atoms with van der Waals surface area (Å²) in [4.78, 5) is 4.49. The van der Waals surface area contributed by atoms with E-state index in [9.17, 15) is 8.42 Å². The number of aliphatic hydroxyl groups excluding tert-OH is 1. The molecule has 0 aliphatic carbocycles. The number of thiazole rings is 1. The first-order valence-corrected chi connectivity index (χ1v) is 8.47. The van der Waals surface area contributed by atoms with Crippen LogP contribution in [0.1, 0.15) is 6.42 Å². The van der Waals surface area contributed by atoms with Crippen LogP contribution in [0.25, 0.3) is 4.96 Å². The summed E-state index contributed by atoms with van der Waals surface area (Å²) < 4.78 is 33.6. The second kappa shape index (κ2) is 6.37. The molecule has 1 unspecified atom stereocenters. The average molecular weight is 340 g/mol. The normalized spacial score (nSPS) is 13.9. The first-order valence-electron chi connectivity index (χ1n) is 5.72. The summed E-state index contributed by atoms with van der Waals surface area (Å²) in [5.74, 6) is 0. The monoisotopic (exact) mass is 339 g/mol. The number of hydrogen-bond acceptors (Lipinski definition) is 6.